The first-order valence-corrected chi connectivity index (χ1v) is 3.47. The van der Waals surface area contributed by atoms with Crippen molar-refractivity contribution in [1.29, 1.82) is 0 Å². The Morgan fingerprint density at radius 2 is 2.18 bits per heavy atom. The second kappa shape index (κ2) is 3.36. The fraction of sp³-hybridized carbons (Fsp3) is 0.400. The third-order valence-corrected chi connectivity index (χ3v) is 1.58. The number of hydrogen-bond acceptors (Lipinski definition) is 2. The summed E-state index contributed by atoms with van der Waals surface area (Å²) in [5.41, 5.74) is 0. The van der Waals surface area contributed by atoms with Gasteiger partial charge in [-0.2, -0.15) is 0 Å². The lowest BCUT2D eigenvalue weighted by Gasteiger charge is -2.00. The average Bonchev–Trinajstić information content (AvgIpc) is 2.34. The molecule has 1 heterocycles. The molecular weight excluding hydrogens is 199 g/mol. The van der Waals surface area contributed by atoms with Crippen LogP contribution in [0.2, 0.25) is 5.15 Å². The van der Waals surface area contributed by atoms with Crippen LogP contribution in [0.1, 0.15) is 11.1 Å². The van der Waals surface area contributed by atoms with Crippen LogP contribution < -0.4 is 0 Å². The molecule has 0 N–H and O–H groups in total. The topological polar surface area (TPSA) is 26.0 Å². The molecule has 0 aliphatic carbocycles. The van der Waals surface area contributed by atoms with Crippen molar-refractivity contribution in [2.45, 2.75) is 11.8 Å². The first-order chi connectivity index (χ1) is 5.11. The van der Waals surface area contributed by atoms with E-state index in [0.717, 1.165) is 6.07 Å². The molecule has 0 aromatic carbocycles. The lowest BCUT2D eigenvalue weighted by Crippen LogP contribution is -1.99. The standard InChI is InChI=1S/C5H3Cl2F2NO/c6-3-1-2(11-10-3)4(7)5(8)9/h1,4-5H. The highest BCUT2D eigenvalue weighted by Gasteiger charge is 2.23. The van der Waals surface area contributed by atoms with E-state index in [-0.39, 0.29) is 10.9 Å². The second-order valence-corrected chi connectivity index (χ2v) is 2.65. The Bertz CT molecular complexity index is 240. The predicted octanol–water partition coefficient (Wildman–Crippen LogP) is 2.87. The summed E-state index contributed by atoms with van der Waals surface area (Å²) in [4.78, 5) is 0. The number of nitrogens with zero attached hydrogens (tertiary/aromatic N) is 1. The molecule has 1 atom stereocenters. The Morgan fingerprint density at radius 3 is 2.55 bits per heavy atom. The monoisotopic (exact) mass is 201 g/mol. The Hall–Kier alpha value is -0.350. The molecule has 1 aromatic heterocycles. The van der Waals surface area contributed by atoms with Crippen LogP contribution in [0.3, 0.4) is 0 Å². The van der Waals surface area contributed by atoms with Gasteiger partial charge in [-0.15, -0.1) is 11.6 Å². The second-order valence-electron chi connectivity index (χ2n) is 1.79. The molecule has 2 nitrogen and oxygen atoms in total. The van der Waals surface area contributed by atoms with E-state index in [9.17, 15) is 8.78 Å². The van der Waals surface area contributed by atoms with Crippen LogP contribution in [-0.2, 0) is 0 Å². The van der Waals surface area contributed by atoms with Crippen LogP contribution in [0.4, 0.5) is 8.78 Å². The van der Waals surface area contributed by atoms with Gasteiger partial charge < -0.3 is 4.52 Å². The maximum Gasteiger partial charge on any atom is 0.262 e. The molecule has 1 aromatic rings. The highest BCUT2D eigenvalue weighted by atomic mass is 35.5. The maximum atomic E-state index is 11.9. The largest absolute Gasteiger partial charge is 0.358 e. The van der Waals surface area contributed by atoms with Crippen LogP contribution in [0, 0.1) is 0 Å². The minimum atomic E-state index is -2.68. The lowest BCUT2D eigenvalue weighted by atomic mass is 10.3. The quantitative estimate of drug-likeness (QED) is 0.689. The Morgan fingerprint density at radius 1 is 1.55 bits per heavy atom. The minimum absolute atomic E-state index is 0.0197. The van der Waals surface area contributed by atoms with Gasteiger partial charge in [-0.25, -0.2) is 8.78 Å². The summed E-state index contributed by atoms with van der Waals surface area (Å²) in [7, 11) is 0. The minimum Gasteiger partial charge on any atom is -0.358 e. The van der Waals surface area contributed by atoms with Gasteiger partial charge in [-0.05, 0) is 0 Å². The third kappa shape index (κ3) is 2.04. The van der Waals surface area contributed by atoms with Gasteiger partial charge in [-0.1, -0.05) is 16.8 Å². The fourth-order valence-corrected chi connectivity index (χ4v) is 0.765. The van der Waals surface area contributed by atoms with E-state index in [1.165, 1.54) is 0 Å². The average molecular weight is 202 g/mol. The van der Waals surface area contributed by atoms with Gasteiger partial charge >= 0.3 is 0 Å². The van der Waals surface area contributed by atoms with E-state index in [4.69, 9.17) is 23.2 Å². The summed E-state index contributed by atoms with van der Waals surface area (Å²) in [5.74, 6) is -0.119. The Balaban J connectivity index is 2.76. The Labute approximate surface area is 71.1 Å². The molecule has 11 heavy (non-hydrogen) atoms. The summed E-state index contributed by atoms with van der Waals surface area (Å²) >= 11 is 10.5. The predicted molar refractivity (Wildman–Crippen MR) is 36.1 cm³/mol. The van der Waals surface area contributed by atoms with Gasteiger partial charge in [-0.3, -0.25) is 0 Å². The van der Waals surface area contributed by atoms with Gasteiger partial charge in [0.2, 0.25) is 0 Å². The van der Waals surface area contributed by atoms with Crippen LogP contribution in [-0.4, -0.2) is 11.6 Å². The maximum absolute atomic E-state index is 11.9. The normalized spacial score (nSPS) is 13.9. The highest BCUT2D eigenvalue weighted by Crippen LogP contribution is 2.28. The number of rotatable bonds is 2. The molecule has 0 amide bonds. The van der Waals surface area contributed by atoms with Crippen LogP contribution in [0.25, 0.3) is 0 Å². The van der Waals surface area contributed by atoms with Gasteiger partial charge in [0, 0.05) is 6.07 Å². The Kier molecular flexibility index (Phi) is 2.67. The summed E-state index contributed by atoms with van der Waals surface area (Å²) in [6.45, 7) is 0. The summed E-state index contributed by atoms with van der Waals surface area (Å²) in [6, 6.07) is 1.16. The van der Waals surface area contributed by atoms with Crippen molar-refractivity contribution in [3.63, 3.8) is 0 Å². The smallest absolute Gasteiger partial charge is 0.262 e. The summed E-state index contributed by atoms with van der Waals surface area (Å²) < 4.78 is 28.1. The van der Waals surface area contributed by atoms with Crippen LogP contribution in [0.15, 0.2) is 10.6 Å². The third-order valence-electron chi connectivity index (χ3n) is 0.993. The number of aromatic nitrogens is 1. The molecule has 0 aliphatic heterocycles. The zero-order valence-corrected chi connectivity index (χ0v) is 6.61. The molecule has 62 valence electrons. The lowest BCUT2D eigenvalue weighted by molar-refractivity contribution is 0.131. The van der Waals surface area contributed by atoms with Crippen molar-refractivity contribution in [3.05, 3.63) is 17.0 Å². The molecule has 0 spiro atoms. The molecule has 6 heteroatoms. The molecule has 0 saturated heterocycles. The van der Waals surface area contributed by atoms with E-state index < -0.39 is 11.8 Å². The molecule has 1 rings (SSSR count). The first-order valence-electron chi connectivity index (χ1n) is 2.65. The number of alkyl halides is 3. The zero-order valence-electron chi connectivity index (χ0n) is 5.10. The van der Waals surface area contributed by atoms with Gasteiger partial charge in [0.25, 0.3) is 6.43 Å². The van der Waals surface area contributed by atoms with E-state index in [2.05, 4.69) is 9.68 Å². The molecule has 1 unspecified atom stereocenters. The first kappa shape index (κ1) is 8.74. The molecular formula is C5H3Cl2F2NO. The van der Waals surface area contributed by atoms with E-state index in [0.29, 0.717) is 0 Å². The van der Waals surface area contributed by atoms with Gasteiger partial charge in [0.15, 0.2) is 16.3 Å². The number of hydrogen-bond donors (Lipinski definition) is 0. The van der Waals surface area contributed by atoms with Crippen molar-refractivity contribution < 1.29 is 13.3 Å². The van der Waals surface area contributed by atoms with Crippen LogP contribution in [0.5, 0.6) is 0 Å². The molecule has 0 saturated carbocycles. The van der Waals surface area contributed by atoms with E-state index >= 15 is 0 Å². The van der Waals surface area contributed by atoms with E-state index in [1.807, 2.05) is 0 Å². The SMILES string of the molecule is FC(F)C(Cl)c1cc(Cl)no1. The summed E-state index contributed by atoms with van der Waals surface area (Å²) in [5, 5.41) is 1.74. The molecule has 0 radical (unpaired) electrons. The molecule has 0 aliphatic rings. The summed E-state index contributed by atoms with van der Waals surface area (Å²) in [6.07, 6.45) is -2.68. The van der Waals surface area contributed by atoms with Crippen molar-refractivity contribution in [2.75, 3.05) is 0 Å². The van der Waals surface area contributed by atoms with Crippen molar-refractivity contribution in [1.82, 2.24) is 5.16 Å². The molecule has 0 fully saturated rings. The highest BCUT2D eigenvalue weighted by molar-refractivity contribution is 6.29. The van der Waals surface area contributed by atoms with Crippen LogP contribution >= 0.6 is 23.2 Å². The molecule has 0 bridgehead atoms. The van der Waals surface area contributed by atoms with E-state index in [1.54, 1.807) is 0 Å². The number of halogens is 4. The van der Waals surface area contributed by atoms with Crippen molar-refractivity contribution in [3.8, 4) is 0 Å². The fourth-order valence-electron chi connectivity index (χ4n) is 0.521. The van der Waals surface area contributed by atoms with Crippen molar-refractivity contribution >= 4 is 23.2 Å². The van der Waals surface area contributed by atoms with Crippen molar-refractivity contribution in [2.24, 2.45) is 0 Å². The zero-order chi connectivity index (χ0) is 8.43. The van der Waals surface area contributed by atoms with Gasteiger partial charge in [0.05, 0.1) is 0 Å². The van der Waals surface area contributed by atoms with Gasteiger partial charge in [0.1, 0.15) is 0 Å².